The first-order valence-corrected chi connectivity index (χ1v) is 7.96. The largest absolute Gasteiger partial charge is 0.323 e. The van der Waals surface area contributed by atoms with Gasteiger partial charge in [-0.05, 0) is 38.0 Å². The lowest BCUT2D eigenvalue weighted by Crippen LogP contribution is -2.43. The molecule has 1 aliphatic carbocycles. The van der Waals surface area contributed by atoms with Crippen molar-refractivity contribution in [3.05, 3.63) is 29.0 Å². The van der Waals surface area contributed by atoms with Gasteiger partial charge in [0.05, 0.1) is 16.8 Å². The third-order valence-corrected chi connectivity index (χ3v) is 4.24. The Kier molecular flexibility index (Phi) is 6.00. The minimum atomic E-state index is -0.414. The summed E-state index contributed by atoms with van der Waals surface area (Å²) < 4.78 is 13.0. The Bertz CT molecular complexity index is 487. The summed E-state index contributed by atoms with van der Waals surface area (Å²) in [6.07, 6.45) is 7.24. The maximum atomic E-state index is 13.0. The predicted octanol–water partition coefficient (Wildman–Crippen LogP) is 4.12. The fraction of sp³-hybridized carbons (Fsp3) is 0.562. The highest BCUT2D eigenvalue weighted by Crippen LogP contribution is 2.23. The van der Waals surface area contributed by atoms with Crippen molar-refractivity contribution in [2.24, 2.45) is 0 Å². The number of benzene rings is 1. The SMILES string of the molecule is C[C@H](NC1CCCCCC1)C(=O)Nc1ccc(F)cc1Cl. The zero-order valence-electron chi connectivity index (χ0n) is 12.3. The predicted molar refractivity (Wildman–Crippen MR) is 84.1 cm³/mol. The molecule has 116 valence electrons. The summed E-state index contributed by atoms with van der Waals surface area (Å²) in [7, 11) is 0. The molecule has 1 amide bonds. The van der Waals surface area contributed by atoms with Crippen LogP contribution in [0.5, 0.6) is 0 Å². The van der Waals surface area contributed by atoms with E-state index < -0.39 is 5.82 Å². The Morgan fingerprint density at radius 1 is 1.29 bits per heavy atom. The average Bonchev–Trinajstić information content (AvgIpc) is 2.70. The van der Waals surface area contributed by atoms with Crippen molar-refractivity contribution in [3.8, 4) is 0 Å². The molecule has 3 nitrogen and oxygen atoms in total. The maximum absolute atomic E-state index is 13.0. The van der Waals surface area contributed by atoms with Crippen molar-refractivity contribution in [3.63, 3.8) is 0 Å². The van der Waals surface area contributed by atoms with Gasteiger partial charge < -0.3 is 10.6 Å². The second kappa shape index (κ2) is 7.76. The smallest absolute Gasteiger partial charge is 0.241 e. The second-order valence-electron chi connectivity index (χ2n) is 5.69. The number of carbonyl (C=O) groups is 1. The Hall–Kier alpha value is -1.13. The van der Waals surface area contributed by atoms with Gasteiger partial charge in [0.1, 0.15) is 5.82 Å². The molecule has 0 spiro atoms. The number of anilines is 1. The summed E-state index contributed by atoms with van der Waals surface area (Å²) in [5.74, 6) is -0.560. The third-order valence-electron chi connectivity index (χ3n) is 3.92. The van der Waals surface area contributed by atoms with Crippen LogP contribution in [0.2, 0.25) is 5.02 Å². The van der Waals surface area contributed by atoms with Gasteiger partial charge in [0.2, 0.25) is 5.91 Å². The Morgan fingerprint density at radius 3 is 2.57 bits per heavy atom. The van der Waals surface area contributed by atoms with Crippen molar-refractivity contribution in [1.29, 1.82) is 0 Å². The first kappa shape index (κ1) is 16.2. The van der Waals surface area contributed by atoms with E-state index in [9.17, 15) is 9.18 Å². The van der Waals surface area contributed by atoms with Crippen LogP contribution in [0, 0.1) is 5.82 Å². The van der Waals surface area contributed by atoms with Gasteiger partial charge in [0.25, 0.3) is 0 Å². The molecule has 2 rings (SSSR count). The van der Waals surface area contributed by atoms with Crippen LogP contribution >= 0.6 is 11.6 Å². The van der Waals surface area contributed by atoms with E-state index in [1.165, 1.54) is 43.9 Å². The highest BCUT2D eigenvalue weighted by molar-refractivity contribution is 6.33. The Labute approximate surface area is 130 Å². The number of halogens is 2. The van der Waals surface area contributed by atoms with E-state index in [2.05, 4.69) is 10.6 Å². The van der Waals surface area contributed by atoms with Gasteiger partial charge >= 0.3 is 0 Å². The van der Waals surface area contributed by atoms with E-state index in [1.807, 2.05) is 6.92 Å². The van der Waals surface area contributed by atoms with Gasteiger partial charge in [0, 0.05) is 6.04 Å². The zero-order valence-corrected chi connectivity index (χ0v) is 13.0. The third kappa shape index (κ3) is 4.97. The Morgan fingerprint density at radius 2 is 1.95 bits per heavy atom. The van der Waals surface area contributed by atoms with Gasteiger partial charge in [-0.3, -0.25) is 4.79 Å². The highest BCUT2D eigenvalue weighted by Gasteiger charge is 2.19. The molecule has 0 heterocycles. The summed E-state index contributed by atoms with van der Waals surface area (Å²) >= 11 is 5.92. The summed E-state index contributed by atoms with van der Waals surface area (Å²) in [4.78, 5) is 12.2. The topological polar surface area (TPSA) is 41.1 Å². The first-order chi connectivity index (χ1) is 10.1. The molecule has 1 saturated carbocycles. The molecule has 5 heteroatoms. The van der Waals surface area contributed by atoms with Crippen LogP contribution in [-0.4, -0.2) is 18.0 Å². The average molecular weight is 313 g/mol. The zero-order chi connectivity index (χ0) is 15.2. The normalized spacial score (nSPS) is 18.0. The molecule has 2 N–H and O–H groups in total. The van der Waals surface area contributed by atoms with Crippen LogP contribution < -0.4 is 10.6 Å². The van der Waals surface area contributed by atoms with Crippen LogP contribution in [0.25, 0.3) is 0 Å². The van der Waals surface area contributed by atoms with Gasteiger partial charge in [-0.15, -0.1) is 0 Å². The van der Waals surface area contributed by atoms with Crippen LogP contribution in [0.4, 0.5) is 10.1 Å². The summed E-state index contributed by atoms with van der Waals surface area (Å²) in [5, 5.41) is 6.34. The minimum absolute atomic E-state index is 0.146. The van der Waals surface area contributed by atoms with E-state index in [-0.39, 0.29) is 17.0 Å². The first-order valence-electron chi connectivity index (χ1n) is 7.58. The van der Waals surface area contributed by atoms with Crippen molar-refractivity contribution in [1.82, 2.24) is 5.32 Å². The maximum Gasteiger partial charge on any atom is 0.241 e. The fourth-order valence-electron chi connectivity index (χ4n) is 2.71. The van der Waals surface area contributed by atoms with Crippen molar-refractivity contribution >= 4 is 23.2 Å². The Balaban J connectivity index is 1.89. The quantitative estimate of drug-likeness (QED) is 0.821. The molecule has 0 aliphatic heterocycles. The molecular weight excluding hydrogens is 291 g/mol. The molecule has 21 heavy (non-hydrogen) atoms. The molecular formula is C16H22ClFN2O. The molecule has 0 aromatic heterocycles. The fourth-order valence-corrected chi connectivity index (χ4v) is 2.92. The minimum Gasteiger partial charge on any atom is -0.323 e. The molecule has 1 fully saturated rings. The van der Waals surface area contributed by atoms with Gasteiger partial charge in [-0.1, -0.05) is 37.3 Å². The van der Waals surface area contributed by atoms with Crippen LogP contribution in [0.1, 0.15) is 45.4 Å². The van der Waals surface area contributed by atoms with Crippen LogP contribution in [0.15, 0.2) is 18.2 Å². The van der Waals surface area contributed by atoms with Crippen molar-refractivity contribution in [2.75, 3.05) is 5.32 Å². The molecule has 1 aromatic carbocycles. The standard InChI is InChI=1S/C16H22ClFN2O/c1-11(19-13-6-4-2-3-5-7-13)16(21)20-15-9-8-12(18)10-14(15)17/h8-11,13,19H,2-7H2,1H3,(H,20,21)/t11-/m0/s1. The van der Waals surface area contributed by atoms with Gasteiger partial charge in [-0.25, -0.2) is 4.39 Å². The molecule has 0 unspecified atom stereocenters. The van der Waals surface area contributed by atoms with Gasteiger partial charge in [0.15, 0.2) is 0 Å². The number of hydrogen-bond donors (Lipinski definition) is 2. The second-order valence-corrected chi connectivity index (χ2v) is 6.10. The summed E-state index contributed by atoms with van der Waals surface area (Å²) in [5.41, 5.74) is 0.442. The monoisotopic (exact) mass is 312 g/mol. The molecule has 1 atom stereocenters. The molecule has 0 bridgehead atoms. The summed E-state index contributed by atoms with van der Waals surface area (Å²) in [6.45, 7) is 1.84. The number of carbonyl (C=O) groups excluding carboxylic acids is 1. The van der Waals surface area contributed by atoms with E-state index in [0.29, 0.717) is 11.7 Å². The van der Waals surface area contributed by atoms with Gasteiger partial charge in [-0.2, -0.15) is 0 Å². The number of rotatable bonds is 4. The van der Waals surface area contributed by atoms with E-state index in [0.717, 1.165) is 12.8 Å². The summed E-state index contributed by atoms with van der Waals surface area (Å²) in [6, 6.07) is 4.06. The highest BCUT2D eigenvalue weighted by atomic mass is 35.5. The molecule has 0 saturated heterocycles. The molecule has 1 aliphatic rings. The van der Waals surface area contributed by atoms with Crippen molar-refractivity contribution < 1.29 is 9.18 Å². The lowest BCUT2D eigenvalue weighted by Gasteiger charge is -2.21. The lowest BCUT2D eigenvalue weighted by atomic mass is 10.1. The number of nitrogens with one attached hydrogen (secondary N) is 2. The number of hydrogen-bond acceptors (Lipinski definition) is 2. The molecule has 1 aromatic rings. The van der Waals surface area contributed by atoms with Crippen LogP contribution in [-0.2, 0) is 4.79 Å². The number of amides is 1. The van der Waals surface area contributed by atoms with Crippen LogP contribution in [0.3, 0.4) is 0 Å². The van der Waals surface area contributed by atoms with E-state index in [4.69, 9.17) is 11.6 Å². The lowest BCUT2D eigenvalue weighted by molar-refractivity contribution is -0.118. The molecule has 0 radical (unpaired) electrons. The van der Waals surface area contributed by atoms with E-state index in [1.54, 1.807) is 0 Å². The van der Waals surface area contributed by atoms with Crippen molar-refractivity contribution in [2.45, 2.75) is 57.5 Å². The van der Waals surface area contributed by atoms with E-state index >= 15 is 0 Å².